The van der Waals surface area contributed by atoms with Gasteiger partial charge in [0.15, 0.2) is 5.78 Å². The highest BCUT2D eigenvalue weighted by Gasteiger charge is 2.18. The van der Waals surface area contributed by atoms with Crippen LogP contribution in [0.5, 0.6) is 5.75 Å². The average Bonchev–Trinajstić information content (AvgIpc) is 2.27. The molecule has 4 nitrogen and oxygen atoms in total. The van der Waals surface area contributed by atoms with E-state index in [2.05, 4.69) is 5.32 Å². The second-order valence-corrected chi connectivity index (χ2v) is 3.49. The number of hydrogen-bond donors (Lipinski definition) is 1. The van der Waals surface area contributed by atoms with Gasteiger partial charge in [-0.15, -0.1) is 0 Å². The second kappa shape index (κ2) is 5.30. The third-order valence-electron chi connectivity index (χ3n) is 2.19. The lowest BCUT2D eigenvalue weighted by atomic mass is 10.0. The molecule has 0 fully saturated rings. The number of hydrogen-bond acceptors (Lipinski definition) is 3. The van der Waals surface area contributed by atoms with Gasteiger partial charge in [0.05, 0.1) is 18.7 Å². The van der Waals surface area contributed by atoms with Gasteiger partial charge in [0.25, 0.3) is 0 Å². The smallest absolute Gasteiger partial charge is 0.217 e. The van der Waals surface area contributed by atoms with Gasteiger partial charge < -0.3 is 10.1 Å². The van der Waals surface area contributed by atoms with Crippen LogP contribution in [0.1, 0.15) is 24.2 Å². The van der Waals surface area contributed by atoms with Crippen LogP contribution in [-0.4, -0.2) is 24.8 Å². The molecule has 1 atom stereocenters. The van der Waals surface area contributed by atoms with E-state index in [1.165, 1.54) is 14.0 Å². The highest BCUT2D eigenvalue weighted by Crippen LogP contribution is 2.18. The Hall–Kier alpha value is -1.84. The number of benzene rings is 1. The van der Waals surface area contributed by atoms with Crippen molar-refractivity contribution >= 4 is 11.7 Å². The van der Waals surface area contributed by atoms with Crippen molar-refractivity contribution in [3.63, 3.8) is 0 Å². The van der Waals surface area contributed by atoms with E-state index in [4.69, 9.17) is 4.74 Å². The highest BCUT2D eigenvalue weighted by atomic mass is 16.5. The van der Waals surface area contributed by atoms with Crippen LogP contribution in [0.2, 0.25) is 0 Å². The minimum absolute atomic E-state index is 0.160. The van der Waals surface area contributed by atoms with Gasteiger partial charge in [-0.3, -0.25) is 9.59 Å². The standard InChI is InChI=1S/C12H15NO3/c1-8(13-9(2)14)12(15)10-6-4-5-7-11(10)16-3/h4-8H,1-3H3,(H,13,14)/t8-/m1/s1. The molecular formula is C12H15NO3. The van der Waals surface area contributed by atoms with Gasteiger partial charge in [-0.2, -0.15) is 0 Å². The molecule has 0 aliphatic carbocycles. The summed E-state index contributed by atoms with van der Waals surface area (Å²) in [6.07, 6.45) is 0. The minimum Gasteiger partial charge on any atom is -0.496 e. The first-order valence-electron chi connectivity index (χ1n) is 5.00. The van der Waals surface area contributed by atoms with Gasteiger partial charge in [0, 0.05) is 6.92 Å². The van der Waals surface area contributed by atoms with E-state index >= 15 is 0 Å². The molecule has 0 unspecified atom stereocenters. The summed E-state index contributed by atoms with van der Waals surface area (Å²) in [6, 6.07) is 6.40. The van der Waals surface area contributed by atoms with Gasteiger partial charge in [-0.25, -0.2) is 0 Å². The van der Waals surface area contributed by atoms with Gasteiger partial charge in [0.2, 0.25) is 5.91 Å². The van der Waals surface area contributed by atoms with Crippen LogP contribution in [0.3, 0.4) is 0 Å². The summed E-state index contributed by atoms with van der Waals surface area (Å²) in [5.41, 5.74) is 0.478. The van der Waals surface area contributed by atoms with E-state index in [1.54, 1.807) is 31.2 Å². The Morgan fingerprint density at radius 2 is 1.94 bits per heavy atom. The third kappa shape index (κ3) is 2.82. The molecule has 1 amide bonds. The van der Waals surface area contributed by atoms with Crippen LogP contribution in [0.4, 0.5) is 0 Å². The molecule has 0 heterocycles. The van der Waals surface area contributed by atoms with Crippen molar-refractivity contribution in [2.75, 3.05) is 7.11 Å². The Morgan fingerprint density at radius 1 is 1.31 bits per heavy atom. The molecule has 0 aromatic heterocycles. The van der Waals surface area contributed by atoms with E-state index in [0.717, 1.165) is 0 Å². The van der Waals surface area contributed by atoms with Crippen molar-refractivity contribution in [1.29, 1.82) is 0 Å². The monoisotopic (exact) mass is 221 g/mol. The number of Topliss-reactive ketones (excluding diaryl/α,β-unsaturated/α-hetero) is 1. The van der Waals surface area contributed by atoms with Crippen molar-refractivity contribution in [2.24, 2.45) is 0 Å². The number of amides is 1. The average molecular weight is 221 g/mol. The Bertz CT molecular complexity index is 401. The molecule has 0 saturated heterocycles. The van der Waals surface area contributed by atoms with Crippen molar-refractivity contribution in [3.05, 3.63) is 29.8 Å². The zero-order valence-electron chi connectivity index (χ0n) is 9.61. The van der Waals surface area contributed by atoms with Gasteiger partial charge >= 0.3 is 0 Å². The van der Waals surface area contributed by atoms with Gasteiger partial charge in [-0.1, -0.05) is 12.1 Å². The maximum absolute atomic E-state index is 12.0. The van der Waals surface area contributed by atoms with Crippen LogP contribution in [-0.2, 0) is 4.79 Å². The molecule has 0 saturated carbocycles. The Kier molecular flexibility index (Phi) is 4.05. The molecule has 0 radical (unpaired) electrons. The fourth-order valence-corrected chi connectivity index (χ4v) is 1.45. The number of methoxy groups -OCH3 is 1. The molecule has 16 heavy (non-hydrogen) atoms. The van der Waals surface area contributed by atoms with Crippen LogP contribution >= 0.6 is 0 Å². The lowest BCUT2D eigenvalue weighted by molar-refractivity contribution is -0.119. The molecule has 0 aliphatic heterocycles. The van der Waals surface area contributed by atoms with Crippen molar-refractivity contribution in [2.45, 2.75) is 19.9 Å². The Balaban J connectivity index is 2.91. The molecule has 4 heteroatoms. The largest absolute Gasteiger partial charge is 0.496 e. The quantitative estimate of drug-likeness (QED) is 0.782. The normalized spacial score (nSPS) is 11.7. The number of carbonyl (C=O) groups excluding carboxylic acids is 2. The number of ether oxygens (including phenoxy) is 1. The zero-order valence-corrected chi connectivity index (χ0v) is 9.61. The van der Waals surface area contributed by atoms with Crippen LogP contribution in [0.25, 0.3) is 0 Å². The predicted molar refractivity (Wildman–Crippen MR) is 60.6 cm³/mol. The van der Waals surface area contributed by atoms with E-state index < -0.39 is 6.04 Å². The second-order valence-electron chi connectivity index (χ2n) is 3.49. The number of carbonyl (C=O) groups is 2. The first-order valence-corrected chi connectivity index (χ1v) is 5.00. The third-order valence-corrected chi connectivity index (χ3v) is 2.19. The lowest BCUT2D eigenvalue weighted by Crippen LogP contribution is -2.37. The van der Waals surface area contributed by atoms with E-state index in [0.29, 0.717) is 11.3 Å². The fourth-order valence-electron chi connectivity index (χ4n) is 1.45. The molecule has 1 aromatic carbocycles. The van der Waals surface area contributed by atoms with E-state index in [-0.39, 0.29) is 11.7 Å². The summed E-state index contributed by atoms with van der Waals surface area (Å²) < 4.78 is 5.09. The molecule has 86 valence electrons. The fraction of sp³-hybridized carbons (Fsp3) is 0.333. The maximum Gasteiger partial charge on any atom is 0.217 e. The first-order chi connectivity index (χ1) is 7.56. The molecule has 1 aromatic rings. The van der Waals surface area contributed by atoms with Crippen molar-refractivity contribution in [3.8, 4) is 5.75 Å². The number of rotatable bonds is 4. The van der Waals surface area contributed by atoms with Crippen molar-refractivity contribution in [1.82, 2.24) is 5.32 Å². The lowest BCUT2D eigenvalue weighted by Gasteiger charge is -2.13. The number of ketones is 1. The summed E-state index contributed by atoms with van der Waals surface area (Å²) >= 11 is 0. The molecule has 0 bridgehead atoms. The highest BCUT2D eigenvalue weighted by molar-refractivity contribution is 6.03. The van der Waals surface area contributed by atoms with Crippen molar-refractivity contribution < 1.29 is 14.3 Å². The summed E-state index contributed by atoms with van der Waals surface area (Å²) in [5.74, 6) is 0.133. The summed E-state index contributed by atoms with van der Waals surface area (Å²) in [6.45, 7) is 3.03. The predicted octanol–water partition coefficient (Wildman–Crippen LogP) is 1.40. The van der Waals surface area contributed by atoms with Crippen LogP contribution < -0.4 is 10.1 Å². The number of para-hydroxylation sites is 1. The van der Waals surface area contributed by atoms with Crippen LogP contribution in [0, 0.1) is 0 Å². The SMILES string of the molecule is COc1ccccc1C(=O)[C@@H](C)NC(C)=O. The summed E-state index contributed by atoms with van der Waals surface area (Å²) in [5, 5.41) is 2.55. The van der Waals surface area contributed by atoms with Gasteiger partial charge in [0.1, 0.15) is 5.75 Å². The molecular weight excluding hydrogens is 206 g/mol. The topological polar surface area (TPSA) is 55.4 Å². The molecule has 1 N–H and O–H groups in total. The Morgan fingerprint density at radius 3 is 2.50 bits per heavy atom. The molecule has 0 spiro atoms. The zero-order chi connectivity index (χ0) is 12.1. The van der Waals surface area contributed by atoms with Gasteiger partial charge in [-0.05, 0) is 19.1 Å². The molecule has 1 rings (SSSR count). The number of nitrogens with one attached hydrogen (secondary N) is 1. The first kappa shape index (κ1) is 12.2. The van der Waals surface area contributed by atoms with E-state index in [1.807, 2.05) is 0 Å². The minimum atomic E-state index is -0.547. The summed E-state index contributed by atoms with van der Waals surface area (Å²) in [4.78, 5) is 22.8. The van der Waals surface area contributed by atoms with Crippen LogP contribution in [0.15, 0.2) is 24.3 Å². The van der Waals surface area contributed by atoms with E-state index in [9.17, 15) is 9.59 Å². The summed E-state index contributed by atoms with van der Waals surface area (Å²) in [7, 11) is 1.51. The Labute approximate surface area is 94.6 Å². The molecule has 0 aliphatic rings. The maximum atomic E-state index is 12.0.